The van der Waals surface area contributed by atoms with Gasteiger partial charge in [-0.2, -0.15) is 0 Å². The minimum Gasteiger partial charge on any atom is -0.389 e. The maximum atomic E-state index is 9.98. The topological polar surface area (TPSA) is 32.7 Å². The molecule has 0 aliphatic heterocycles. The van der Waals surface area contributed by atoms with Crippen molar-refractivity contribution in [2.45, 2.75) is 39.5 Å². The van der Waals surface area contributed by atoms with Crippen LogP contribution in [0.2, 0.25) is 0 Å². The number of nitrogens with zero attached hydrogens (tertiary/aromatic N) is 1. The first-order chi connectivity index (χ1) is 9.52. The van der Waals surface area contributed by atoms with E-state index in [1.165, 1.54) is 11.1 Å². The van der Waals surface area contributed by atoms with Crippen molar-refractivity contribution in [1.82, 2.24) is 4.90 Å². The highest BCUT2D eigenvalue weighted by atomic mass is 16.5. The van der Waals surface area contributed by atoms with Gasteiger partial charge in [0.15, 0.2) is 0 Å². The monoisotopic (exact) mass is 275 g/mol. The number of rotatable bonds is 8. The Morgan fingerprint density at radius 1 is 1.30 bits per heavy atom. The molecular weight excluding hydrogens is 250 g/mol. The third-order valence-electron chi connectivity index (χ3n) is 3.18. The number of aliphatic hydroxyl groups is 1. The van der Waals surface area contributed by atoms with Gasteiger partial charge in [-0.25, -0.2) is 0 Å². The Balaban J connectivity index is 2.52. The van der Waals surface area contributed by atoms with Gasteiger partial charge in [0.05, 0.1) is 12.7 Å². The molecule has 0 aliphatic rings. The van der Waals surface area contributed by atoms with E-state index >= 15 is 0 Å². The van der Waals surface area contributed by atoms with Crippen molar-refractivity contribution in [3.63, 3.8) is 0 Å². The number of aryl methyl sites for hydroxylation is 1. The van der Waals surface area contributed by atoms with Crippen LogP contribution in [-0.4, -0.2) is 41.9 Å². The lowest BCUT2D eigenvalue weighted by molar-refractivity contribution is 0.0192. The second-order valence-electron chi connectivity index (χ2n) is 5.38. The first-order valence-electron chi connectivity index (χ1n) is 7.01. The highest BCUT2D eigenvalue weighted by Crippen LogP contribution is 2.10. The number of terminal acetylenes is 1. The summed E-state index contributed by atoms with van der Waals surface area (Å²) in [4.78, 5) is 2.23. The van der Waals surface area contributed by atoms with Crippen molar-refractivity contribution in [3.8, 4) is 12.3 Å². The molecule has 1 rings (SSSR count). The highest BCUT2D eigenvalue weighted by Gasteiger charge is 2.15. The average Bonchev–Trinajstić information content (AvgIpc) is 2.40. The Kier molecular flexibility index (Phi) is 7.32. The van der Waals surface area contributed by atoms with Crippen molar-refractivity contribution in [1.29, 1.82) is 0 Å². The van der Waals surface area contributed by atoms with Crippen LogP contribution >= 0.6 is 0 Å². The molecule has 0 saturated carbocycles. The molecule has 20 heavy (non-hydrogen) atoms. The standard InChI is InChI=1S/C17H25NO2/c1-5-10-20-13-17(19)12-18(14(2)3)11-16-8-6-15(4)7-9-16/h1,6-9,14,17,19H,10-13H2,2-4H3/t17-/m1/s1. The molecule has 0 aliphatic carbocycles. The zero-order chi connectivity index (χ0) is 15.0. The van der Waals surface area contributed by atoms with E-state index in [9.17, 15) is 5.11 Å². The molecule has 1 aromatic rings. The Labute approximate surface area is 122 Å². The summed E-state index contributed by atoms with van der Waals surface area (Å²) in [5.41, 5.74) is 2.51. The van der Waals surface area contributed by atoms with E-state index in [-0.39, 0.29) is 13.2 Å². The molecule has 0 amide bonds. The SMILES string of the molecule is C#CCOC[C@H](O)CN(Cc1ccc(C)cc1)C(C)C. The normalized spacial score (nSPS) is 12.7. The summed E-state index contributed by atoms with van der Waals surface area (Å²) >= 11 is 0. The molecule has 110 valence electrons. The minimum atomic E-state index is -0.517. The predicted molar refractivity (Wildman–Crippen MR) is 82.4 cm³/mol. The van der Waals surface area contributed by atoms with Crippen LogP contribution in [0.5, 0.6) is 0 Å². The predicted octanol–water partition coefficient (Wildman–Crippen LogP) is 2.22. The van der Waals surface area contributed by atoms with Crippen molar-refractivity contribution in [2.24, 2.45) is 0 Å². The molecule has 0 heterocycles. The fraction of sp³-hybridized carbons (Fsp3) is 0.529. The number of aliphatic hydroxyl groups excluding tert-OH is 1. The summed E-state index contributed by atoms with van der Waals surface area (Å²) in [5.74, 6) is 2.40. The zero-order valence-corrected chi connectivity index (χ0v) is 12.7. The molecule has 0 bridgehead atoms. The second-order valence-corrected chi connectivity index (χ2v) is 5.38. The fourth-order valence-corrected chi connectivity index (χ4v) is 1.96. The molecule has 3 heteroatoms. The van der Waals surface area contributed by atoms with Gasteiger partial charge in [-0.05, 0) is 26.3 Å². The summed E-state index contributed by atoms with van der Waals surface area (Å²) < 4.78 is 5.18. The van der Waals surface area contributed by atoms with Gasteiger partial charge in [0.2, 0.25) is 0 Å². The molecule has 1 aromatic carbocycles. The maximum Gasteiger partial charge on any atom is 0.107 e. The molecule has 3 nitrogen and oxygen atoms in total. The van der Waals surface area contributed by atoms with Gasteiger partial charge >= 0.3 is 0 Å². The van der Waals surface area contributed by atoms with E-state index in [1.807, 2.05) is 0 Å². The van der Waals surface area contributed by atoms with Crippen LogP contribution in [0, 0.1) is 19.3 Å². The summed E-state index contributed by atoms with van der Waals surface area (Å²) in [6.07, 6.45) is 4.59. The van der Waals surface area contributed by atoms with Gasteiger partial charge in [0.25, 0.3) is 0 Å². The first kappa shape index (κ1) is 16.7. The Bertz CT molecular complexity index is 420. The lowest BCUT2D eigenvalue weighted by Gasteiger charge is -2.28. The van der Waals surface area contributed by atoms with Crippen molar-refractivity contribution >= 4 is 0 Å². The second kappa shape index (κ2) is 8.76. The van der Waals surface area contributed by atoms with Gasteiger partial charge < -0.3 is 9.84 Å². The van der Waals surface area contributed by atoms with Crippen LogP contribution in [-0.2, 0) is 11.3 Å². The van der Waals surface area contributed by atoms with Crippen LogP contribution < -0.4 is 0 Å². The molecule has 0 unspecified atom stereocenters. The molecule has 1 atom stereocenters. The van der Waals surface area contributed by atoms with Crippen molar-refractivity contribution in [3.05, 3.63) is 35.4 Å². The largest absolute Gasteiger partial charge is 0.389 e. The zero-order valence-electron chi connectivity index (χ0n) is 12.7. The van der Waals surface area contributed by atoms with Crippen molar-refractivity contribution < 1.29 is 9.84 Å². The Morgan fingerprint density at radius 3 is 2.50 bits per heavy atom. The van der Waals surface area contributed by atoms with E-state index < -0.39 is 6.10 Å². The van der Waals surface area contributed by atoms with E-state index in [2.05, 4.69) is 55.9 Å². The minimum absolute atomic E-state index is 0.247. The van der Waals surface area contributed by atoms with Gasteiger partial charge in [-0.15, -0.1) is 6.42 Å². The first-order valence-corrected chi connectivity index (χ1v) is 7.01. The smallest absolute Gasteiger partial charge is 0.107 e. The quantitative estimate of drug-likeness (QED) is 0.583. The number of benzene rings is 1. The van der Waals surface area contributed by atoms with Gasteiger partial charge in [-0.3, -0.25) is 4.90 Å². The van der Waals surface area contributed by atoms with E-state index in [0.29, 0.717) is 12.6 Å². The number of hydrogen-bond acceptors (Lipinski definition) is 3. The molecule has 0 radical (unpaired) electrons. The Morgan fingerprint density at radius 2 is 1.95 bits per heavy atom. The van der Waals surface area contributed by atoms with Crippen molar-refractivity contribution in [2.75, 3.05) is 19.8 Å². The summed E-state index contributed by atoms with van der Waals surface area (Å²) in [7, 11) is 0. The van der Waals surface area contributed by atoms with Crippen LogP contribution in [0.3, 0.4) is 0 Å². The third-order valence-corrected chi connectivity index (χ3v) is 3.18. The molecule has 0 saturated heterocycles. The van der Waals surface area contributed by atoms with Gasteiger partial charge in [0, 0.05) is 19.1 Å². The molecule has 1 N–H and O–H groups in total. The van der Waals surface area contributed by atoms with Crippen LogP contribution in [0.1, 0.15) is 25.0 Å². The Hall–Kier alpha value is -1.34. The van der Waals surface area contributed by atoms with Crippen LogP contribution in [0.4, 0.5) is 0 Å². The molecule has 0 fully saturated rings. The fourth-order valence-electron chi connectivity index (χ4n) is 1.96. The molecule has 0 spiro atoms. The summed E-state index contributed by atoms with van der Waals surface area (Å²) in [5, 5.41) is 9.98. The average molecular weight is 275 g/mol. The number of ether oxygens (including phenoxy) is 1. The van der Waals surface area contributed by atoms with E-state index in [0.717, 1.165) is 6.54 Å². The van der Waals surface area contributed by atoms with Gasteiger partial charge in [0.1, 0.15) is 6.61 Å². The summed E-state index contributed by atoms with van der Waals surface area (Å²) in [6, 6.07) is 8.84. The van der Waals surface area contributed by atoms with Gasteiger partial charge in [-0.1, -0.05) is 35.7 Å². The highest BCUT2D eigenvalue weighted by molar-refractivity contribution is 5.21. The number of hydrogen-bond donors (Lipinski definition) is 1. The molecular formula is C17H25NO2. The molecule has 0 aromatic heterocycles. The lowest BCUT2D eigenvalue weighted by Crippen LogP contribution is -2.38. The van der Waals surface area contributed by atoms with E-state index in [1.54, 1.807) is 0 Å². The van der Waals surface area contributed by atoms with Crippen LogP contribution in [0.15, 0.2) is 24.3 Å². The maximum absolute atomic E-state index is 9.98. The van der Waals surface area contributed by atoms with E-state index in [4.69, 9.17) is 11.2 Å². The van der Waals surface area contributed by atoms with Crippen LogP contribution in [0.25, 0.3) is 0 Å². The third kappa shape index (κ3) is 6.21. The lowest BCUT2D eigenvalue weighted by atomic mass is 10.1. The summed E-state index contributed by atoms with van der Waals surface area (Å²) in [6.45, 7) is 8.27.